The van der Waals surface area contributed by atoms with E-state index in [0.29, 0.717) is 38.0 Å². The third-order valence-electron chi connectivity index (χ3n) is 4.82. The second-order valence-corrected chi connectivity index (χ2v) is 7.98. The van der Waals surface area contributed by atoms with Crippen molar-refractivity contribution in [3.63, 3.8) is 0 Å². The number of anilines is 1. The number of rotatable bonds is 8. The van der Waals surface area contributed by atoms with Crippen LogP contribution in [0.5, 0.6) is 0 Å². The first kappa shape index (κ1) is 21.0. The molecule has 154 valence electrons. The van der Waals surface area contributed by atoms with Gasteiger partial charge >= 0.3 is 0 Å². The minimum absolute atomic E-state index is 0.283. The maximum absolute atomic E-state index is 12.6. The average molecular weight is 416 g/mol. The number of aliphatic hydroxyl groups excluding tert-OH is 1. The van der Waals surface area contributed by atoms with Gasteiger partial charge in [-0.15, -0.1) is 11.3 Å². The Hall–Kier alpha value is -2.71. The monoisotopic (exact) mass is 415 g/mol. The molecule has 3 amide bonds. The van der Waals surface area contributed by atoms with Crippen LogP contribution in [0.2, 0.25) is 0 Å². The highest BCUT2D eigenvalue weighted by molar-refractivity contribution is 7.09. The van der Waals surface area contributed by atoms with Gasteiger partial charge in [-0.25, -0.2) is 0 Å². The predicted molar refractivity (Wildman–Crippen MR) is 111 cm³/mol. The number of carbonyl (C=O) groups is 3. The smallest absolute Gasteiger partial charge is 0.252 e. The highest BCUT2D eigenvalue weighted by Gasteiger charge is 2.37. The van der Waals surface area contributed by atoms with Crippen molar-refractivity contribution in [2.45, 2.75) is 37.8 Å². The number of benzene rings is 1. The zero-order chi connectivity index (χ0) is 20.6. The summed E-state index contributed by atoms with van der Waals surface area (Å²) in [6, 6.07) is 12.3. The molecule has 1 aromatic carbocycles. The quantitative estimate of drug-likeness (QED) is 0.612. The number of hydrogen-bond donors (Lipinski definition) is 3. The van der Waals surface area contributed by atoms with Gasteiger partial charge in [-0.3, -0.25) is 14.4 Å². The summed E-state index contributed by atoms with van der Waals surface area (Å²) >= 11 is 1.61. The van der Waals surface area contributed by atoms with E-state index < -0.39 is 18.1 Å². The molecule has 1 fully saturated rings. The van der Waals surface area contributed by atoms with E-state index in [4.69, 9.17) is 0 Å². The fraction of sp³-hybridized carbons (Fsp3) is 0.381. The number of aliphatic hydroxyl groups is 1. The molecule has 2 atom stereocenters. The van der Waals surface area contributed by atoms with E-state index >= 15 is 0 Å². The molecule has 29 heavy (non-hydrogen) atoms. The van der Waals surface area contributed by atoms with Gasteiger partial charge in [0.15, 0.2) is 0 Å². The highest BCUT2D eigenvalue weighted by atomic mass is 32.1. The number of para-hydroxylation sites is 1. The van der Waals surface area contributed by atoms with Crippen molar-refractivity contribution in [1.29, 1.82) is 0 Å². The number of carbonyl (C=O) groups excluding carboxylic acids is 3. The fourth-order valence-electron chi connectivity index (χ4n) is 3.36. The van der Waals surface area contributed by atoms with Crippen LogP contribution in [0.4, 0.5) is 5.69 Å². The summed E-state index contributed by atoms with van der Waals surface area (Å²) in [6.45, 7) is 0.842. The molecule has 8 heteroatoms. The Morgan fingerprint density at radius 1 is 1.17 bits per heavy atom. The van der Waals surface area contributed by atoms with E-state index in [1.807, 2.05) is 35.7 Å². The van der Waals surface area contributed by atoms with Gasteiger partial charge in [0.2, 0.25) is 11.8 Å². The van der Waals surface area contributed by atoms with Crippen LogP contribution in [0.25, 0.3) is 0 Å². The highest BCUT2D eigenvalue weighted by Crippen LogP contribution is 2.21. The molecule has 1 saturated heterocycles. The second-order valence-electron chi connectivity index (χ2n) is 6.94. The summed E-state index contributed by atoms with van der Waals surface area (Å²) in [5, 5.41) is 17.7. The van der Waals surface area contributed by atoms with Crippen molar-refractivity contribution in [3.8, 4) is 0 Å². The third-order valence-corrected chi connectivity index (χ3v) is 5.75. The first-order chi connectivity index (χ1) is 14.0. The van der Waals surface area contributed by atoms with Gasteiger partial charge in [-0.2, -0.15) is 0 Å². The van der Waals surface area contributed by atoms with Gasteiger partial charge in [0, 0.05) is 23.7 Å². The topological polar surface area (TPSA) is 98.7 Å². The second kappa shape index (κ2) is 10.2. The molecular formula is C21H25N3O4S. The van der Waals surface area contributed by atoms with Crippen LogP contribution in [0.15, 0.2) is 47.8 Å². The van der Waals surface area contributed by atoms with Crippen molar-refractivity contribution in [2.24, 2.45) is 0 Å². The molecule has 0 aliphatic carbocycles. The molecule has 1 aliphatic rings. The lowest BCUT2D eigenvalue weighted by Crippen LogP contribution is -2.48. The van der Waals surface area contributed by atoms with E-state index in [-0.39, 0.29) is 18.2 Å². The molecule has 0 spiro atoms. The number of likely N-dealkylation sites (tertiary alicyclic amines) is 1. The number of nitrogens with zero attached hydrogens (tertiary/aromatic N) is 1. The van der Waals surface area contributed by atoms with E-state index in [1.54, 1.807) is 23.5 Å². The van der Waals surface area contributed by atoms with Gasteiger partial charge in [-0.1, -0.05) is 24.3 Å². The molecule has 0 unspecified atom stereocenters. The molecule has 0 bridgehead atoms. The van der Waals surface area contributed by atoms with Crippen LogP contribution in [0.1, 0.15) is 24.1 Å². The van der Waals surface area contributed by atoms with Crippen LogP contribution >= 0.6 is 11.3 Å². The predicted octanol–water partition coefficient (Wildman–Crippen LogP) is 1.79. The number of amides is 3. The summed E-state index contributed by atoms with van der Waals surface area (Å²) in [7, 11) is 0. The number of hydrogen-bond acceptors (Lipinski definition) is 5. The number of thiophene rings is 1. The van der Waals surface area contributed by atoms with Crippen LogP contribution in [0.3, 0.4) is 0 Å². The standard InChI is InChI=1S/C21H25N3O4S/c25-18(14-19(26)22-11-10-16-8-5-13-29-16)21(28)24-12-4-9-17(24)20(27)23-15-6-2-1-3-7-15/h1-3,5-8,13,17-18,25H,4,9-12,14H2,(H,22,26)(H,23,27)/t17-,18-/m1/s1. The van der Waals surface area contributed by atoms with Crippen LogP contribution in [-0.4, -0.2) is 53.0 Å². The summed E-state index contributed by atoms with van der Waals surface area (Å²) in [5.74, 6) is -1.24. The minimum Gasteiger partial charge on any atom is -0.383 e. The maximum atomic E-state index is 12.6. The molecule has 3 N–H and O–H groups in total. The molecule has 1 aromatic heterocycles. The van der Waals surface area contributed by atoms with E-state index in [2.05, 4.69) is 10.6 Å². The molecule has 2 heterocycles. The Morgan fingerprint density at radius 2 is 1.97 bits per heavy atom. The van der Waals surface area contributed by atoms with Crippen molar-refractivity contribution in [1.82, 2.24) is 10.2 Å². The first-order valence-electron chi connectivity index (χ1n) is 9.68. The van der Waals surface area contributed by atoms with Gasteiger partial charge in [0.1, 0.15) is 12.1 Å². The minimum atomic E-state index is -1.46. The maximum Gasteiger partial charge on any atom is 0.252 e. The zero-order valence-electron chi connectivity index (χ0n) is 16.0. The summed E-state index contributed by atoms with van der Waals surface area (Å²) < 4.78 is 0. The Labute approximate surface area is 173 Å². The Morgan fingerprint density at radius 3 is 2.69 bits per heavy atom. The molecule has 0 saturated carbocycles. The SMILES string of the molecule is O=C(C[C@@H](O)C(=O)N1CCC[C@@H]1C(=O)Nc1ccccc1)NCCc1cccs1. The van der Waals surface area contributed by atoms with E-state index in [9.17, 15) is 19.5 Å². The van der Waals surface area contributed by atoms with Crippen molar-refractivity contribution in [3.05, 3.63) is 52.7 Å². The average Bonchev–Trinajstić information content (AvgIpc) is 3.40. The van der Waals surface area contributed by atoms with Gasteiger partial charge in [-0.05, 0) is 42.8 Å². The lowest BCUT2D eigenvalue weighted by molar-refractivity contribution is -0.146. The van der Waals surface area contributed by atoms with E-state index in [0.717, 1.165) is 4.88 Å². The van der Waals surface area contributed by atoms with Crippen LogP contribution in [0, 0.1) is 0 Å². The third kappa shape index (κ3) is 5.88. The Bertz CT molecular complexity index is 826. The molecule has 3 rings (SSSR count). The normalized spacial score (nSPS) is 17.0. The van der Waals surface area contributed by atoms with Gasteiger partial charge in [0.05, 0.1) is 6.42 Å². The lowest BCUT2D eigenvalue weighted by atomic mass is 10.1. The van der Waals surface area contributed by atoms with Crippen LogP contribution in [-0.2, 0) is 20.8 Å². The summed E-state index contributed by atoms with van der Waals surface area (Å²) in [4.78, 5) is 39.8. The number of nitrogens with one attached hydrogen (secondary N) is 2. The molecule has 0 radical (unpaired) electrons. The summed E-state index contributed by atoms with van der Waals surface area (Å²) in [6.07, 6.45) is 0.151. The van der Waals surface area contributed by atoms with Crippen molar-refractivity contribution >= 4 is 34.7 Å². The van der Waals surface area contributed by atoms with Gasteiger partial charge < -0.3 is 20.6 Å². The lowest BCUT2D eigenvalue weighted by Gasteiger charge is -2.26. The van der Waals surface area contributed by atoms with Crippen molar-refractivity contribution in [2.75, 3.05) is 18.4 Å². The Balaban J connectivity index is 1.48. The molecule has 1 aliphatic heterocycles. The van der Waals surface area contributed by atoms with Crippen molar-refractivity contribution < 1.29 is 19.5 Å². The van der Waals surface area contributed by atoms with Crippen LogP contribution < -0.4 is 10.6 Å². The van der Waals surface area contributed by atoms with E-state index in [1.165, 1.54) is 4.90 Å². The molecule has 2 aromatic rings. The van der Waals surface area contributed by atoms with Gasteiger partial charge in [0.25, 0.3) is 5.91 Å². The molecule has 7 nitrogen and oxygen atoms in total. The molecular weight excluding hydrogens is 390 g/mol. The largest absolute Gasteiger partial charge is 0.383 e. The zero-order valence-corrected chi connectivity index (χ0v) is 16.9. The Kier molecular flexibility index (Phi) is 7.37. The first-order valence-corrected chi connectivity index (χ1v) is 10.6. The fourth-order valence-corrected chi connectivity index (χ4v) is 4.07. The summed E-state index contributed by atoms with van der Waals surface area (Å²) in [5.41, 5.74) is 0.655.